The first-order chi connectivity index (χ1) is 5.20. The van der Waals surface area contributed by atoms with Crippen molar-refractivity contribution < 1.29 is 9.59 Å². The van der Waals surface area contributed by atoms with Crippen LogP contribution in [0.1, 0.15) is 12.8 Å². The Balaban J connectivity index is 3.51. The molecule has 3 nitrogen and oxygen atoms in total. The second kappa shape index (κ2) is 6.04. The maximum absolute atomic E-state index is 10.3. The van der Waals surface area contributed by atoms with Crippen LogP contribution >= 0.6 is 0 Å². The summed E-state index contributed by atoms with van der Waals surface area (Å²) in [7, 11) is 3.89. The van der Waals surface area contributed by atoms with Crippen molar-refractivity contribution in [1.29, 1.82) is 0 Å². The molecule has 0 aliphatic rings. The normalized spacial score (nSPS) is 13.0. The molecule has 0 spiro atoms. The first-order valence-corrected chi connectivity index (χ1v) is 3.74. The molecule has 0 fully saturated rings. The van der Waals surface area contributed by atoms with E-state index in [4.69, 9.17) is 0 Å². The van der Waals surface area contributed by atoms with E-state index in [1.807, 2.05) is 19.0 Å². The van der Waals surface area contributed by atoms with Crippen LogP contribution in [0, 0.1) is 5.92 Å². The highest BCUT2D eigenvalue weighted by molar-refractivity contribution is 5.61. The molecule has 0 amide bonds. The molecule has 0 saturated carbocycles. The van der Waals surface area contributed by atoms with E-state index in [2.05, 4.69) is 0 Å². The summed E-state index contributed by atoms with van der Waals surface area (Å²) in [6, 6.07) is 0. The minimum atomic E-state index is -0.0881. The minimum absolute atomic E-state index is 0.0881. The van der Waals surface area contributed by atoms with E-state index in [0.717, 1.165) is 25.5 Å². The fourth-order valence-corrected chi connectivity index (χ4v) is 0.789. The van der Waals surface area contributed by atoms with Crippen molar-refractivity contribution in [3.05, 3.63) is 0 Å². The van der Waals surface area contributed by atoms with Crippen molar-refractivity contribution in [1.82, 2.24) is 4.90 Å². The summed E-state index contributed by atoms with van der Waals surface area (Å²) in [5.41, 5.74) is 0. The van der Waals surface area contributed by atoms with E-state index in [1.165, 1.54) is 0 Å². The molecule has 0 aromatic heterocycles. The van der Waals surface area contributed by atoms with Crippen LogP contribution in [0.25, 0.3) is 0 Å². The Labute approximate surface area is 67.4 Å². The summed E-state index contributed by atoms with van der Waals surface area (Å²) in [5, 5.41) is 0. The topological polar surface area (TPSA) is 37.4 Å². The van der Waals surface area contributed by atoms with Crippen LogP contribution in [0.4, 0.5) is 0 Å². The lowest BCUT2D eigenvalue weighted by molar-refractivity contribution is -0.115. The number of aldehydes is 2. The van der Waals surface area contributed by atoms with Gasteiger partial charge in [0.25, 0.3) is 0 Å². The Morgan fingerprint density at radius 1 is 1.36 bits per heavy atom. The summed E-state index contributed by atoms with van der Waals surface area (Å²) in [6.45, 7) is 0.858. The van der Waals surface area contributed by atoms with Gasteiger partial charge in [-0.1, -0.05) is 0 Å². The van der Waals surface area contributed by atoms with Crippen molar-refractivity contribution in [2.75, 3.05) is 20.6 Å². The number of rotatable bonds is 6. The van der Waals surface area contributed by atoms with E-state index in [0.29, 0.717) is 6.42 Å². The zero-order valence-corrected chi connectivity index (χ0v) is 7.12. The molecule has 0 aliphatic heterocycles. The Morgan fingerprint density at radius 2 is 2.00 bits per heavy atom. The monoisotopic (exact) mass is 157 g/mol. The average Bonchev–Trinajstić information content (AvgIpc) is 1.97. The number of nitrogens with zero attached hydrogens (tertiary/aromatic N) is 1. The molecule has 0 heterocycles. The smallest absolute Gasteiger partial charge is 0.123 e. The second-order valence-corrected chi connectivity index (χ2v) is 2.89. The van der Waals surface area contributed by atoms with Gasteiger partial charge >= 0.3 is 0 Å². The van der Waals surface area contributed by atoms with Crippen LogP contribution in [-0.4, -0.2) is 38.1 Å². The number of hydrogen-bond acceptors (Lipinski definition) is 3. The third kappa shape index (κ3) is 5.73. The van der Waals surface area contributed by atoms with E-state index >= 15 is 0 Å². The largest absolute Gasteiger partial charge is 0.309 e. The van der Waals surface area contributed by atoms with Gasteiger partial charge in [0.15, 0.2) is 0 Å². The van der Waals surface area contributed by atoms with Gasteiger partial charge < -0.3 is 14.5 Å². The summed E-state index contributed by atoms with van der Waals surface area (Å²) in [5.74, 6) is -0.0881. The van der Waals surface area contributed by atoms with Gasteiger partial charge in [0.1, 0.15) is 12.6 Å². The van der Waals surface area contributed by atoms with Gasteiger partial charge in [0.2, 0.25) is 0 Å². The highest BCUT2D eigenvalue weighted by Gasteiger charge is 2.05. The Bertz CT molecular complexity index is 123. The lowest BCUT2D eigenvalue weighted by Gasteiger charge is -2.11. The maximum Gasteiger partial charge on any atom is 0.123 e. The quantitative estimate of drug-likeness (QED) is 0.522. The molecule has 0 bridgehead atoms. The average molecular weight is 157 g/mol. The van der Waals surface area contributed by atoms with Crippen molar-refractivity contribution in [3.8, 4) is 0 Å². The van der Waals surface area contributed by atoms with Gasteiger partial charge in [-0.25, -0.2) is 0 Å². The number of carbonyl (C=O) groups excluding carboxylic acids is 2. The van der Waals surface area contributed by atoms with Crippen molar-refractivity contribution in [2.24, 2.45) is 5.92 Å². The molecule has 0 aliphatic carbocycles. The molecule has 0 aromatic rings. The summed E-state index contributed by atoms with van der Waals surface area (Å²) in [6.07, 6.45) is 2.79. The SMILES string of the molecule is CN(C)CCC(C=O)CC=O. The summed E-state index contributed by atoms with van der Waals surface area (Å²) in [4.78, 5) is 22.4. The van der Waals surface area contributed by atoms with Gasteiger partial charge in [0.05, 0.1) is 0 Å². The molecule has 11 heavy (non-hydrogen) atoms. The lowest BCUT2D eigenvalue weighted by atomic mass is 10.0. The summed E-state index contributed by atoms with van der Waals surface area (Å²) < 4.78 is 0. The van der Waals surface area contributed by atoms with Crippen molar-refractivity contribution >= 4 is 12.6 Å². The Morgan fingerprint density at radius 3 is 2.36 bits per heavy atom. The Kier molecular flexibility index (Phi) is 5.65. The second-order valence-electron chi connectivity index (χ2n) is 2.89. The molecule has 3 heteroatoms. The fourth-order valence-electron chi connectivity index (χ4n) is 0.789. The molecule has 64 valence electrons. The molecule has 0 rings (SSSR count). The van der Waals surface area contributed by atoms with E-state index in [-0.39, 0.29) is 5.92 Å². The van der Waals surface area contributed by atoms with Crippen LogP contribution < -0.4 is 0 Å². The third-order valence-electron chi connectivity index (χ3n) is 1.54. The van der Waals surface area contributed by atoms with E-state index < -0.39 is 0 Å². The predicted molar refractivity (Wildman–Crippen MR) is 43.4 cm³/mol. The minimum Gasteiger partial charge on any atom is -0.309 e. The molecule has 0 radical (unpaired) electrons. The maximum atomic E-state index is 10.3. The fraction of sp³-hybridized carbons (Fsp3) is 0.750. The highest BCUT2D eigenvalue weighted by Crippen LogP contribution is 2.02. The van der Waals surface area contributed by atoms with Crippen LogP contribution in [0.5, 0.6) is 0 Å². The zero-order valence-electron chi connectivity index (χ0n) is 7.12. The van der Waals surface area contributed by atoms with E-state index in [1.54, 1.807) is 0 Å². The summed E-state index contributed by atoms with van der Waals surface area (Å²) >= 11 is 0. The predicted octanol–water partition coefficient (Wildman–Crippen LogP) is 0.342. The van der Waals surface area contributed by atoms with Crippen molar-refractivity contribution in [2.45, 2.75) is 12.8 Å². The lowest BCUT2D eigenvalue weighted by Crippen LogP contribution is -2.17. The van der Waals surface area contributed by atoms with Gasteiger partial charge in [0, 0.05) is 12.3 Å². The van der Waals surface area contributed by atoms with Crippen molar-refractivity contribution in [3.63, 3.8) is 0 Å². The number of hydrogen-bond donors (Lipinski definition) is 0. The number of carbonyl (C=O) groups is 2. The van der Waals surface area contributed by atoms with Crippen LogP contribution in [0.15, 0.2) is 0 Å². The third-order valence-corrected chi connectivity index (χ3v) is 1.54. The van der Waals surface area contributed by atoms with Crippen LogP contribution in [0.2, 0.25) is 0 Å². The molecule has 0 aromatic carbocycles. The van der Waals surface area contributed by atoms with Crippen LogP contribution in [0.3, 0.4) is 0 Å². The molecular weight excluding hydrogens is 142 g/mol. The molecule has 1 atom stereocenters. The van der Waals surface area contributed by atoms with Gasteiger partial charge in [-0.3, -0.25) is 0 Å². The first-order valence-electron chi connectivity index (χ1n) is 3.74. The van der Waals surface area contributed by atoms with E-state index in [9.17, 15) is 9.59 Å². The standard InChI is InChI=1S/C8H15NO2/c1-9(2)5-3-8(7-11)4-6-10/h6-8H,3-5H2,1-2H3. The highest BCUT2D eigenvalue weighted by atomic mass is 16.1. The van der Waals surface area contributed by atoms with Crippen LogP contribution in [-0.2, 0) is 9.59 Å². The first kappa shape index (κ1) is 10.3. The van der Waals surface area contributed by atoms with Gasteiger partial charge in [-0.15, -0.1) is 0 Å². The molecule has 0 N–H and O–H groups in total. The molecule has 1 unspecified atom stereocenters. The molecule has 0 saturated heterocycles. The van der Waals surface area contributed by atoms with Gasteiger partial charge in [-0.05, 0) is 27.1 Å². The molecular formula is C8H15NO2. The Hall–Kier alpha value is -0.700. The zero-order chi connectivity index (χ0) is 8.69. The van der Waals surface area contributed by atoms with Gasteiger partial charge in [-0.2, -0.15) is 0 Å².